The molecular weight excluding hydrogens is 384 g/mol. The molecule has 2 heterocycles. The van der Waals surface area contributed by atoms with Crippen molar-refractivity contribution in [3.05, 3.63) is 72.7 Å². The third-order valence-corrected chi connectivity index (χ3v) is 4.97. The van der Waals surface area contributed by atoms with E-state index in [1.165, 1.54) is 6.26 Å². The van der Waals surface area contributed by atoms with Crippen LogP contribution in [0, 0.1) is 0 Å². The molecule has 154 valence electrons. The zero-order valence-electron chi connectivity index (χ0n) is 16.5. The predicted molar refractivity (Wildman–Crippen MR) is 111 cm³/mol. The number of rotatable bonds is 6. The van der Waals surface area contributed by atoms with Gasteiger partial charge in [-0.2, -0.15) is 0 Å². The number of benzene rings is 2. The molecule has 7 heteroatoms. The molecule has 1 N–H and O–H groups in total. The highest BCUT2D eigenvalue weighted by Gasteiger charge is 2.35. The van der Waals surface area contributed by atoms with Gasteiger partial charge in [-0.25, -0.2) is 0 Å². The molecule has 1 aliphatic heterocycles. The summed E-state index contributed by atoms with van der Waals surface area (Å²) < 4.78 is 16.3. The Morgan fingerprint density at radius 2 is 1.80 bits per heavy atom. The van der Waals surface area contributed by atoms with Gasteiger partial charge in [0, 0.05) is 12.2 Å². The lowest BCUT2D eigenvalue weighted by Crippen LogP contribution is -2.43. The number of anilines is 1. The van der Waals surface area contributed by atoms with E-state index in [2.05, 4.69) is 5.32 Å². The van der Waals surface area contributed by atoms with Crippen molar-refractivity contribution in [1.82, 2.24) is 4.90 Å². The van der Waals surface area contributed by atoms with Gasteiger partial charge in [-0.15, -0.1) is 0 Å². The second-order valence-electron chi connectivity index (χ2n) is 6.90. The van der Waals surface area contributed by atoms with Crippen molar-refractivity contribution in [2.75, 3.05) is 19.0 Å². The SMILES string of the molecule is COc1ccccc1Oc1ccc(NC(=O)[C@H]2CCCN2C(=O)c2ccco2)cc1. The molecule has 2 aromatic carbocycles. The summed E-state index contributed by atoms with van der Waals surface area (Å²) in [6.45, 7) is 0.531. The van der Waals surface area contributed by atoms with Crippen molar-refractivity contribution in [3.63, 3.8) is 0 Å². The summed E-state index contributed by atoms with van der Waals surface area (Å²) in [5, 5.41) is 2.88. The van der Waals surface area contributed by atoms with Crippen LogP contribution in [0.1, 0.15) is 23.4 Å². The predicted octanol–water partition coefficient (Wildman–Crippen LogP) is 4.32. The highest BCUT2D eigenvalue weighted by atomic mass is 16.5. The van der Waals surface area contributed by atoms with Crippen molar-refractivity contribution in [2.45, 2.75) is 18.9 Å². The van der Waals surface area contributed by atoms with Gasteiger partial charge in [0.15, 0.2) is 17.3 Å². The van der Waals surface area contributed by atoms with Crippen LogP contribution in [0.25, 0.3) is 0 Å². The molecule has 1 atom stereocenters. The fraction of sp³-hybridized carbons (Fsp3) is 0.217. The maximum atomic E-state index is 12.8. The number of hydrogen-bond acceptors (Lipinski definition) is 5. The first-order chi connectivity index (χ1) is 14.7. The van der Waals surface area contributed by atoms with Crippen LogP contribution in [0.5, 0.6) is 17.2 Å². The molecule has 1 fully saturated rings. The average Bonchev–Trinajstić information content (AvgIpc) is 3.47. The van der Waals surface area contributed by atoms with E-state index in [4.69, 9.17) is 13.9 Å². The Hall–Kier alpha value is -3.74. The van der Waals surface area contributed by atoms with Crippen LogP contribution in [0.3, 0.4) is 0 Å². The number of carbonyl (C=O) groups is 2. The van der Waals surface area contributed by atoms with Gasteiger partial charge in [0.2, 0.25) is 5.91 Å². The van der Waals surface area contributed by atoms with Gasteiger partial charge in [-0.1, -0.05) is 12.1 Å². The van der Waals surface area contributed by atoms with Crippen molar-refractivity contribution in [3.8, 4) is 17.2 Å². The van der Waals surface area contributed by atoms with E-state index >= 15 is 0 Å². The standard InChI is InChI=1S/C23H22N2O5/c1-28-19-7-2-3-8-20(19)30-17-12-10-16(11-13-17)24-22(26)18-6-4-14-25(18)23(27)21-9-5-15-29-21/h2-3,5,7-13,15,18H,4,6,14H2,1H3,(H,24,26)/t18-/m1/s1. The van der Waals surface area contributed by atoms with Crippen LogP contribution in [0.15, 0.2) is 71.3 Å². The fourth-order valence-electron chi connectivity index (χ4n) is 3.49. The highest BCUT2D eigenvalue weighted by Crippen LogP contribution is 2.31. The third-order valence-electron chi connectivity index (χ3n) is 4.97. The lowest BCUT2D eigenvalue weighted by molar-refractivity contribution is -0.119. The van der Waals surface area contributed by atoms with E-state index in [0.29, 0.717) is 35.9 Å². The van der Waals surface area contributed by atoms with Crippen LogP contribution < -0.4 is 14.8 Å². The van der Waals surface area contributed by atoms with Crippen LogP contribution in [-0.4, -0.2) is 36.4 Å². The first-order valence-electron chi connectivity index (χ1n) is 9.72. The van der Waals surface area contributed by atoms with Gasteiger partial charge in [0.05, 0.1) is 13.4 Å². The molecule has 0 saturated carbocycles. The molecule has 0 radical (unpaired) electrons. The summed E-state index contributed by atoms with van der Waals surface area (Å²) in [5.74, 6) is 1.62. The third kappa shape index (κ3) is 4.15. The zero-order valence-corrected chi connectivity index (χ0v) is 16.5. The monoisotopic (exact) mass is 406 g/mol. The van der Waals surface area contributed by atoms with E-state index in [1.54, 1.807) is 48.4 Å². The van der Waals surface area contributed by atoms with E-state index < -0.39 is 6.04 Å². The normalized spacial score (nSPS) is 15.6. The minimum atomic E-state index is -0.521. The Balaban J connectivity index is 1.40. The number of hydrogen-bond donors (Lipinski definition) is 1. The number of nitrogens with zero attached hydrogens (tertiary/aromatic N) is 1. The van der Waals surface area contributed by atoms with Crippen molar-refractivity contribution in [2.24, 2.45) is 0 Å². The molecular formula is C23H22N2O5. The lowest BCUT2D eigenvalue weighted by Gasteiger charge is -2.23. The molecule has 4 rings (SSSR count). The minimum absolute atomic E-state index is 0.217. The zero-order chi connectivity index (χ0) is 20.9. The number of para-hydroxylation sites is 2. The molecule has 3 aromatic rings. The smallest absolute Gasteiger partial charge is 0.290 e. The number of carbonyl (C=O) groups excluding carboxylic acids is 2. The largest absolute Gasteiger partial charge is 0.493 e. The van der Waals surface area contributed by atoms with Crippen molar-refractivity contribution >= 4 is 17.5 Å². The van der Waals surface area contributed by atoms with Crippen LogP contribution in [-0.2, 0) is 4.79 Å². The first kappa shape index (κ1) is 19.6. The van der Waals surface area contributed by atoms with Gasteiger partial charge < -0.3 is 24.1 Å². The number of furan rings is 1. The molecule has 0 bridgehead atoms. The summed E-state index contributed by atoms with van der Waals surface area (Å²) in [5.41, 5.74) is 0.629. The molecule has 30 heavy (non-hydrogen) atoms. The van der Waals surface area contributed by atoms with E-state index in [9.17, 15) is 9.59 Å². The number of nitrogens with one attached hydrogen (secondary N) is 1. The molecule has 1 aromatic heterocycles. The summed E-state index contributed by atoms with van der Waals surface area (Å²) in [6.07, 6.45) is 2.84. The Kier molecular flexibility index (Phi) is 5.70. The topological polar surface area (TPSA) is 81.0 Å². The second-order valence-corrected chi connectivity index (χ2v) is 6.90. The number of amides is 2. The van der Waals surface area contributed by atoms with E-state index in [0.717, 1.165) is 6.42 Å². The van der Waals surface area contributed by atoms with Gasteiger partial charge in [-0.3, -0.25) is 9.59 Å². The number of methoxy groups -OCH3 is 1. The number of ether oxygens (including phenoxy) is 2. The molecule has 7 nitrogen and oxygen atoms in total. The van der Waals surface area contributed by atoms with Gasteiger partial charge in [0.1, 0.15) is 11.8 Å². The van der Waals surface area contributed by atoms with Gasteiger partial charge >= 0.3 is 0 Å². The van der Waals surface area contributed by atoms with Crippen molar-refractivity contribution in [1.29, 1.82) is 0 Å². The lowest BCUT2D eigenvalue weighted by atomic mass is 10.2. The molecule has 1 saturated heterocycles. The Bertz CT molecular complexity index is 1010. The van der Waals surface area contributed by atoms with E-state index in [1.807, 2.05) is 24.3 Å². The second kappa shape index (κ2) is 8.73. The van der Waals surface area contributed by atoms with Crippen LogP contribution in [0.2, 0.25) is 0 Å². The highest BCUT2D eigenvalue weighted by molar-refractivity contribution is 6.00. The molecule has 0 unspecified atom stereocenters. The van der Waals surface area contributed by atoms with Crippen LogP contribution in [0.4, 0.5) is 5.69 Å². The van der Waals surface area contributed by atoms with Gasteiger partial charge in [-0.05, 0) is 61.4 Å². The van der Waals surface area contributed by atoms with E-state index in [-0.39, 0.29) is 17.6 Å². The average molecular weight is 406 g/mol. The Morgan fingerprint density at radius 3 is 2.50 bits per heavy atom. The Labute approximate surface area is 174 Å². The molecule has 2 amide bonds. The summed E-state index contributed by atoms with van der Waals surface area (Å²) >= 11 is 0. The summed E-state index contributed by atoms with van der Waals surface area (Å²) in [6, 6.07) is 17.2. The number of likely N-dealkylation sites (tertiary alicyclic amines) is 1. The molecule has 1 aliphatic rings. The minimum Gasteiger partial charge on any atom is -0.493 e. The first-order valence-corrected chi connectivity index (χ1v) is 9.72. The maximum Gasteiger partial charge on any atom is 0.290 e. The van der Waals surface area contributed by atoms with Crippen molar-refractivity contribution < 1.29 is 23.5 Å². The molecule has 0 aliphatic carbocycles. The Morgan fingerprint density at radius 1 is 1.03 bits per heavy atom. The quantitative estimate of drug-likeness (QED) is 0.659. The van der Waals surface area contributed by atoms with Crippen LogP contribution >= 0.6 is 0 Å². The maximum absolute atomic E-state index is 12.8. The van der Waals surface area contributed by atoms with Gasteiger partial charge in [0.25, 0.3) is 5.91 Å². The summed E-state index contributed by atoms with van der Waals surface area (Å²) in [7, 11) is 1.59. The molecule has 0 spiro atoms. The summed E-state index contributed by atoms with van der Waals surface area (Å²) in [4.78, 5) is 26.9. The fourth-order valence-corrected chi connectivity index (χ4v) is 3.49.